The van der Waals surface area contributed by atoms with E-state index in [-0.39, 0.29) is 42.0 Å². The molecule has 0 atom stereocenters. The average molecular weight is 769 g/mol. The molecule has 0 N–H and O–H groups in total. The zero-order chi connectivity index (χ0) is 31.6. The molecule has 8 heteroatoms. The summed E-state index contributed by atoms with van der Waals surface area (Å²) in [5.74, 6) is 0.648. The van der Waals surface area contributed by atoms with Crippen LogP contribution in [0.4, 0.5) is 0 Å². The second-order valence-electron chi connectivity index (χ2n) is 12.0. The van der Waals surface area contributed by atoms with Crippen LogP contribution in [0, 0.1) is 6.92 Å². The molecule has 0 unspecified atom stereocenters. The summed E-state index contributed by atoms with van der Waals surface area (Å²) in [5.41, 5.74) is 2.77. The number of pyridine rings is 1. The smallest absolute Gasteiger partial charge is 0.243 e. The summed E-state index contributed by atoms with van der Waals surface area (Å²) in [7, 11) is -3.75. The van der Waals surface area contributed by atoms with E-state index in [9.17, 15) is 8.42 Å². The third-order valence-electron chi connectivity index (χ3n) is 8.03. The standard InChI is InChI=1S/C37H54ClN2O3S.HI/c1-4-6-7-8-9-10-11-12-13-14-15-16-27-43-37-24-21-33(28-36(37)38)30-40(31-34-18-17-26-39(29-34)25-5-2)44(41,42)35-22-19-32(3)20-23-35;/h17-24,26,28-29H,4-16,25,27,30-31H2,1-3H3;1H/q+1;/p-1. The molecule has 0 aliphatic carbocycles. The van der Waals surface area contributed by atoms with Crippen molar-refractivity contribution in [2.75, 3.05) is 6.61 Å². The molecule has 0 amide bonds. The minimum absolute atomic E-state index is 0. The predicted molar refractivity (Wildman–Crippen MR) is 183 cm³/mol. The Morgan fingerprint density at radius 1 is 0.756 bits per heavy atom. The molecule has 2 aromatic carbocycles. The van der Waals surface area contributed by atoms with Crippen molar-refractivity contribution < 1.29 is 41.7 Å². The maximum Gasteiger partial charge on any atom is 0.243 e. The highest BCUT2D eigenvalue weighted by atomic mass is 127. The van der Waals surface area contributed by atoms with Crippen molar-refractivity contribution in [2.45, 2.75) is 129 Å². The number of sulfonamides is 1. The minimum atomic E-state index is -3.75. The molecule has 0 radical (unpaired) electrons. The molecule has 0 aliphatic rings. The van der Waals surface area contributed by atoms with Gasteiger partial charge in [0.1, 0.15) is 12.3 Å². The molecule has 3 rings (SSSR count). The van der Waals surface area contributed by atoms with Gasteiger partial charge in [-0.15, -0.1) is 0 Å². The van der Waals surface area contributed by atoms with Gasteiger partial charge in [-0.2, -0.15) is 4.31 Å². The lowest BCUT2D eigenvalue weighted by Crippen LogP contribution is -3.00. The molecule has 0 fully saturated rings. The van der Waals surface area contributed by atoms with Gasteiger partial charge in [-0.05, 0) is 49.2 Å². The number of aryl methyl sites for hydroxylation is 2. The molecule has 5 nitrogen and oxygen atoms in total. The first-order chi connectivity index (χ1) is 21.3. The Labute approximate surface area is 295 Å². The second-order valence-corrected chi connectivity index (χ2v) is 14.4. The van der Waals surface area contributed by atoms with E-state index in [0.717, 1.165) is 42.5 Å². The first kappa shape index (κ1) is 39.5. The van der Waals surface area contributed by atoms with Crippen LogP contribution in [0.2, 0.25) is 5.02 Å². The Bertz CT molecular complexity index is 1350. The lowest BCUT2D eigenvalue weighted by molar-refractivity contribution is -0.697. The fourth-order valence-electron chi connectivity index (χ4n) is 5.44. The number of unbranched alkanes of at least 4 members (excludes halogenated alkanes) is 11. The maximum absolute atomic E-state index is 13.8. The summed E-state index contributed by atoms with van der Waals surface area (Å²) in [5, 5.41) is 0.509. The highest BCUT2D eigenvalue weighted by Gasteiger charge is 2.26. The van der Waals surface area contributed by atoms with E-state index in [1.54, 1.807) is 12.1 Å². The van der Waals surface area contributed by atoms with Crippen LogP contribution in [0.3, 0.4) is 0 Å². The van der Waals surface area contributed by atoms with Crippen molar-refractivity contribution in [3.05, 3.63) is 88.7 Å². The van der Waals surface area contributed by atoms with Crippen LogP contribution < -0.4 is 33.3 Å². The maximum atomic E-state index is 13.8. The van der Waals surface area contributed by atoms with Gasteiger partial charge in [-0.3, -0.25) is 0 Å². The van der Waals surface area contributed by atoms with Gasteiger partial charge in [-0.1, -0.05) is 120 Å². The highest BCUT2D eigenvalue weighted by Crippen LogP contribution is 2.28. The average Bonchev–Trinajstić information content (AvgIpc) is 3.00. The summed E-state index contributed by atoms with van der Waals surface area (Å²) in [4.78, 5) is 0.286. The lowest BCUT2D eigenvalue weighted by atomic mass is 10.1. The first-order valence-corrected chi connectivity index (χ1v) is 18.6. The van der Waals surface area contributed by atoms with E-state index >= 15 is 0 Å². The zero-order valence-electron chi connectivity index (χ0n) is 27.7. The van der Waals surface area contributed by atoms with Crippen molar-refractivity contribution in [3.63, 3.8) is 0 Å². The fraction of sp³-hybridized carbons (Fsp3) is 0.541. The van der Waals surface area contributed by atoms with Gasteiger partial charge >= 0.3 is 0 Å². The number of hydrogen-bond acceptors (Lipinski definition) is 3. The number of hydrogen-bond donors (Lipinski definition) is 0. The number of halogens is 2. The number of benzene rings is 2. The van der Waals surface area contributed by atoms with Gasteiger partial charge in [-0.25, -0.2) is 13.0 Å². The van der Waals surface area contributed by atoms with Crippen molar-refractivity contribution in [2.24, 2.45) is 0 Å². The first-order valence-electron chi connectivity index (χ1n) is 16.8. The minimum Gasteiger partial charge on any atom is -1.00 e. The quantitative estimate of drug-likeness (QED) is 0.0641. The van der Waals surface area contributed by atoms with Crippen molar-refractivity contribution in [1.82, 2.24) is 4.31 Å². The van der Waals surface area contributed by atoms with Crippen LogP contribution in [-0.4, -0.2) is 19.3 Å². The van der Waals surface area contributed by atoms with E-state index in [2.05, 4.69) is 18.4 Å². The number of ether oxygens (including phenoxy) is 1. The number of rotatable bonds is 22. The summed E-state index contributed by atoms with van der Waals surface area (Å²) in [6, 6.07) is 16.6. The topological polar surface area (TPSA) is 50.5 Å². The van der Waals surface area contributed by atoms with E-state index in [4.69, 9.17) is 16.3 Å². The van der Waals surface area contributed by atoms with Gasteiger partial charge in [0.2, 0.25) is 10.0 Å². The second kappa shape index (κ2) is 22.0. The van der Waals surface area contributed by atoms with Crippen molar-refractivity contribution in [3.8, 4) is 5.75 Å². The number of nitrogens with zero attached hydrogens (tertiary/aromatic N) is 2. The molecular formula is C37H54ClIN2O3S. The SMILES string of the molecule is CCCCCCCCCCCCCCOc1ccc(CN(Cc2ccc[n+](CCC)c2)S(=O)(=O)c2ccc(C)cc2)cc1Cl.[I-]. The Morgan fingerprint density at radius 3 is 1.96 bits per heavy atom. The van der Waals surface area contributed by atoms with Gasteiger partial charge in [0.25, 0.3) is 0 Å². The predicted octanol–water partition coefficient (Wildman–Crippen LogP) is 6.82. The molecule has 3 aromatic rings. The molecule has 0 aliphatic heterocycles. The highest BCUT2D eigenvalue weighted by molar-refractivity contribution is 7.89. The van der Waals surface area contributed by atoms with Gasteiger partial charge in [0, 0.05) is 31.1 Å². The van der Waals surface area contributed by atoms with Crippen LogP contribution in [0.1, 0.15) is 114 Å². The van der Waals surface area contributed by atoms with E-state index in [1.165, 1.54) is 68.5 Å². The van der Waals surface area contributed by atoms with Crippen molar-refractivity contribution in [1.29, 1.82) is 0 Å². The molecule has 1 heterocycles. The molecular weight excluding hydrogens is 715 g/mol. The monoisotopic (exact) mass is 768 g/mol. The Hall–Kier alpha value is -1.68. The summed E-state index contributed by atoms with van der Waals surface area (Å²) < 4.78 is 37.3. The normalized spacial score (nSPS) is 11.5. The van der Waals surface area contributed by atoms with Crippen LogP contribution in [0.25, 0.3) is 0 Å². The molecule has 250 valence electrons. The molecule has 0 saturated heterocycles. The molecule has 0 saturated carbocycles. The third-order valence-corrected chi connectivity index (χ3v) is 10.1. The summed E-state index contributed by atoms with van der Waals surface area (Å²) in [6.07, 6.45) is 20.7. The number of aromatic nitrogens is 1. The van der Waals surface area contributed by atoms with Gasteiger partial charge in [0.15, 0.2) is 12.4 Å². The Morgan fingerprint density at radius 2 is 1.36 bits per heavy atom. The van der Waals surface area contributed by atoms with Crippen LogP contribution in [0.5, 0.6) is 5.75 Å². The lowest BCUT2D eigenvalue weighted by Gasteiger charge is -2.23. The van der Waals surface area contributed by atoms with E-state index in [0.29, 0.717) is 17.4 Å². The van der Waals surface area contributed by atoms with Crippen LogP contribution in [0.15, 0.2) is 71.9 Å². The zero-order valence-corrected chi connectivity index (χ0v) is 31.4. The third kappa shape index (κ3) is 14.3. The largest absolute Gasteiger partial charge is 1.00 e. The van der Waals surface area contributed by atoms with Gasteiger partial charge in [0.05, 0.1) is 16.5 Å². The fourth-order valence-corrected chi connectivity index (χ4v) is 7.12. The molecule has 0 bridgehead atoms. The summed E-state index contributed by atoms with van der Waals surface area (Å²) >= 11 is 6.63. The van der Waals surface area contributed by atoms with E-state index in [1.807, 2.05) is 61.8 Å². The van der Waals surface area contributed by atoms with Crippen LogP contribution >= 0.6 is 11.6 Å². The Kier molecular flexibility index (Phi) is 19.3. The molecule has 45 heavy (non-hydrogen) atoms. The van der Waals surface area contributed by atoms with Gasteiger partial charge < -0.3 is 28.7 Å². The molecule has 0 spiro atoms. The van der Waals surface area contributed by atoms with E-state index < -0.39 is 10.0 Å². The molecule has 1 aromatic heterocycles. The van der Waals surface area contributed by atoms with Crippen molar-refractivity contribution >= 4 is 21.6 Å². The van der Waals surface area contributed by atoms with Crippen LogP contribution in [-0.2, 0) is 29.7 Å². The Balaban J connectivity index is 0.00000705. The summed E-state index contributed by atoms with van der Waals surface area (Å²) in [6.45, 7) is 8.33.